The second-order valence-electron chi connectivity index (χ2n) is 4.49. The average Bonchev–Trinajstić information content (AvgIpc) is 2.15. The summed E-state index contributed by atoms with van der Waals surface area (Å²) in [5, 5.41) is 6.03. The van der Waals surface area contributed by atoms with E-state index in [2.05, 4.69) is 10.6 Å². The van der Waals surface area contributed by atoms with Crippen LogP contribution in [0.15, 0.2) is 0 Å². The highest BCUT2D eigenvalue weighted by Gasteiger charge is 2.48. The van der Waals surface area contributed by atoms with Gasteiger partial charge in [-0.1, -0.05) is 0 Å². The Balaban J connectivity index is 1.73. The number of rotatable bonds is 2. The first-order chi connectivity index (χ1) is 7.07. The van der Waals surface area contributed by atoms with E-state index in [1.807, 2.05) is 0 Å². The molecule has 86 valence electrons. The van der Waals surface area contributed by atoms with Crippen molar-refractivity contribution in [1.82, 2.24) is 10.6 Å². The van der Waals surface area contributed by atoms with E-state index in [0.717, 1.165) is 25.9 Å². The highest BCUT2D eigenvalue weighted by molar-refractivity contribution is 5.80. The molecule has 2 fully saturated rings. The van der Waals surface area contributed by atoms with Crippen LogP contribution in [0.2, 0.25) is 0 Å². The predicted molar refractivity (Wildman–Crippen MR) is 51.7 cm³/mol. The molecule has 0 aromatic heterocycles. The van der Waals surface area contributed by atoms with Gasteiger partial charge in [0.2, 0.25) is 11.8 Å². The lowest BCUT2D eigenvalue weighted by molar-refractivity contribution is -0.150. The minimum absolute atomic E-state index is 0.174. The van der Waals surface area contributed by atoms with Crippen molar-refractivity contribution in [2.24, 2.45) is 5.92 Å². The third-order valence-corrected chi connectivity index (χ3v) is 3.15. The predicted octanol–water partition coefficient (Wildman–Crippen LogP) is 0.900. The molecule has 0 atom stereocenters. The molecule has 1 aliphatic carbocycles. The van der Waals surface area contributed by atoms with E-state index < -0.39 is 11.8 Å². The first-order valence-corrected chi connectivity index (χ1v) is 5.46. The van der Waals surface area contributed by atoms with Crippen molar-refractivity contribution in [2.75, 3.05) is 13.1 Å². The quantitative estimate of drug-likeness (QED) is 0.723. The van der Waals surface area contributed by atoms with Gasteiger partial charge in [-0.3, -0.25) is 4.79 Å². The van der Waals surface area contributed by atoms with Crippen molar-refractivity contribution in [1.29, 1.82) is 0 Å². The number of hydrogen-bond donors (Lipinski definition) is 2. The SMILES string of the molecule is O=C(NC1CCNCC1)C1CC(F)(F)C1. The van der Waals surface area contributed by atoms with E-state index in [-0.39, 0.29) is 24.8 Å². The number of amides is 1. The minimum Gasteiger partial charge on any atom is -0.353 e. The van der Waals surface area contributed by atoms with Gasteiger partial charge in [0.25, 0.3) is 0 Å². The van der Waals surface area contributed by atoms with Crippen LogP contribution in [0.1, 0.15) is 25.7 Å². The Morgan fingerprint density at radius 2 is 1.87 bits per heavy atom. The molecule has 2 rings (SSSR count). The van der Waals surface area contributed by atoms with E-state index in [0.29, 0.717) is 0 Å². The van der Waals surface area contributed by atoms with Crippen LogP contribution >= 0.6 is 0 Å². The van der Waals surface area contributed by atoms with E-state index in [9.17, 15) is 13.6 Å². The molecule has 0 aromatic rings. The van der Waals surface area contributed by atoms with Gasteiger partial charge in [-0.05, 0) is 25.9 Å². The van der Waals surface area contributed by atoms with Gasteiger partial charge in [0.15, 0.2) is 0 Å². The summed E-state index contributed by atoms with van der Waals surface area (Å²) in [5.74, 6) is -3.25. The molecule has 2 N–H and O–H groups in total. The Morgan fingerprint density at radius 1 is 1.27 bits per heavy atom. The van der Waals surface area contributed by atoms with Crippen molar-refractivity contribution in [3.8, 4) is 0 Å². The molecule has 0 aromatic carbocycles. The second kappa shape index (κ2) is 4.04. The molecule has 0 unspecified atom stereocenters. The molecule has 0 bridgehead atoms. The van der Waals surface area contributed by atoms with Crippen LogP contribution in [-0.4, -0.2) is 31.0 Å². The fraction of sp³-hybridized carbons (Fsp3) is 0.900. The number of alkyl halides is 2. The molecule has 5 heteroatoms. The van der Waals surface area contributed by atoms with Crippen LogP contribution in [0.3, 0.4) is 0 Å². The Labute approximate surface area is 87.6 Å². The van der Waals surface area contributed by atoms with Crippen LogP contribution in [0.25, 0.3) is 0 Å². The van der Waals surface area contributed by atoms with E-state index in [1.54, 1.807) is 0 Å². The molecular formula is C10H16F2N2O. The molecule has 1 heterocycles. The van der Waals surface area contributed by atoms with Crippen LogP contribution in [0.4, 0.5) is 8.78 Å². The molecule has 15 heavy (non-hydrogen) atoms. The zero-order valence-corrected chi connectivity index (χ0v) is 8.56. The van der Waals surface area contributed by atoms with Crippen molar-refractivity contribution < 1.29 is 13.6 Å². The summed E-state index contributed by atoms with van der Waals surface area (Å²) in [6.45, 7) is 1.79. The smallest absolute Gasteiger partial charge is 0.249 e. The largest absolute Gasteiger partial charge is 0.353 e. The monoisotopic (exact) mass is 218 g/mol. The standard InChI is InChI=1S/C10H16F2N2O/c11-10(12)5-7(6-10)9(15)14-8-1-3-13-4-2-8/h7-8,13H,1-6H2,(H,14,15). The van der Waals surface area contributed by atoms with Crippen molar-refractivity contribution >= 4 is 5.91 Å². The van der Waals surface area contributed by atoms with Crippen molar-refractivity contribution in [3.05, 3.63) is 0 Å². The fourth-order valence-corrected chi connectivity index (χ4v) is 2.13. The van der Waals surface area contributed by atoms with Gasteiger partial charge in [-0.15, -0.1) is 0 Å². The summed E-state index contributed by atoms with van der Waals surface area (Å²) in [5.41, 5.74) is 0. The summed E-state index contributed by atoms with van der Waals surface area (Å²) in [7, 11) is 0. The summed E-state index contributed by atoms with van der Waals surface area (Å²) in [4.78, 5) is 11.5. The summed E-state index contributed by atoms with van der Waals surface area (Å²) in [6.07, 6.45) is 1.25. The topological polar surface area (TPSA) is 41.1 Å². The maximum absolute atomic E-state index is 12.5. The molecule has 0 spiro atoms. The van der Waals surface area contributed by atoms with E-state index in [1.165, 1.54) is 0 Å². The maximum Gasteiger partial charge on any atom is 0.249 e. The highest BCUT2D eigenvalue weighted by Crippen LogP contribution is 2.42. The number of nitrogens with one attached hydrogen (secondary N) is 2. The summed E-state index contributed by atoms with van der Waals surface area (Å²) >= 11 is 0. The minimum atomic E-state index is -2.60. The third kappa shape index (κ3) is 2.65. The molecule has 3 nitrogen and oxygen atoms in total. The summed E-state index contributed by atoms with van der Waals surface area (Å²) < 4.78 is 25.1. The number of carbonyl (C=O) groups is 1. The van der Waals surface area contributed by atoms with Crippen molar-refractivity contribution in [2.45, 2.75) is 37.6 Å². The van der Waals surface area contributed by atoms with Gasteiger partial charge in [0, 0.05) is 24.8 Å². The molecule has 1 saturated heterocycles. The van der Waals surface area contributed by atoms with E-state index in [4.69, 9.17) is 0 Å². The lowest BCUT2D eigenvalue weighted by Crippen LogP contribution is -2.50. The highest BCUT2D eigenvalue weighted by atomic mass is 19.3. The number of halogens is 2. The first-order valence-electron chi connectivity index (χ1n) is 5.46. The molecule has 0 radical (unpaired) electrons. The average molecular weight is 218 g/mol. The Morgan fingerprint density at radius 3 is 2.40 bits per heavy atom. The zero-order chi connectivity index (χ0) is 10.9. The van der Waals surface area contributed by atoms with Gasteiger partial charge < -0.3 is 10.6 Å². The lowest BCUT2D eigenvalue weighted by atomic mass is 9.80. The number of piperidine rings is 1. The number of hydrogen-bond acceptors (Lipinski definition) is 2. The van der Waals surface area contributed by atoms with Gasteiger partial charge in [0.1, 0.15) is 0 Å². The van der Waals surface area contributed by atoms with Gasteiger partial charge in [-0.25, -0.2) is 8.78 Å². The zero-order valence-electron chi connectivity index (χ0n) is 8.56. The molecule has 1 saturated carbocycles. The van der Waals surface area contributed by atoms with Gasteiger partial charge in [-0.2, -0.15) is 0 Å². The fourth-order valence-electron chi connectivity index (χ4n) is 2.13. The van der Waals surface area contributed by atoms with Gasteiger partial charge >= 0.3 is 0 Å². The van der Waals surface area contributed by atoms with Crippen LogP contribution in [0.5, 0.6) is 0 Å². The first kappa shape index (κ1) is 10.8. The Bertz CT molecular complexity index is 244. The summed E-state index contributed by atoms with van der Waals surface area (Å²) in [6, 6.07) is 0.174. The second-order valence-corrected chi connectivity index (χ2v) is 4.49. The van der Waals surface area contributed by atoms with Crippen LogP contribution < -0.4 is 10.6 Å². The molecule has 1 aliphatic heterocycles. The van der Waals surface area contributed by atoms with Crippen LogP contribution in [0, 0.1) is 5.92 Å². The Kier molecular flexibility index (Phi) is 2.91. The van der Waals surface area contributed by atoms with Crippen molar-refractivity contribution in [3.63, 3.8) is 0 Å². The Hall–Kier alpha value is -0.710. The van der Waals surface area contributed by atoms with E-state index >= 15 is 0 Å². The van der Waals surface area contributed by atoms with Gasteiger partial charge in [0.05, 0.1) is 0 Å². The maximum atomic E-state index is 12.5. The molecular weight excluding hydrogens is 202 g/mol. The normalized spacial score (nSPS) is 27.1. The lowest BCUT2D eigenvalue weighted by Gasteiger charge is -2.35. The number of carbonyl (C=O) groups excluding carboxylic acids is 1. The molecule has 2 aliphatic rings. The molecule has 1 amide bonds. The van der Waals surface area contributed by atoms with Crippen LogP contribution in [-0.2, 0) is 4.79 Å². The third-order valence-electron chi connectivity index (χ3n) is 3.15.